The van der Waals surface area contributed by atoms with E-state index in [9.17, 15) is 0 Å². The SMILES string of the molecule is [CH2]/C=C/Oc1ccc(Br)cc1. The number of rotatable bonds is 2. The van der Waals surface area contributed by atoms with E-state index in [4.69, 9.17) is 4.74 Å². The highest BCUT2D eigenvalue weighted by molar-refractivity contribution is 9.10. The minimum Gasteiger partial charge on any atom is -0.465 e. The molecule has 0 saturated carbocycles. The molecule has 0 aromatic heterocycles. The standard InChI is InChI=1S/C9H8BrO/c1-2-7-11-9-5-3-8(10)4-6-9/h2-7H,1H2/b7-2+. The van der Waals surface area contributed by atoms with E-state index in [1.807, 2.05) is 24.3 Å². The molecule has 1 rings (SSSR count). The minimum absolute atomic E-state index is 0.813. The molecular weight excluding hydrogens is 204 g/mol. The lowest BCUT2D eigenvalue weighted by molar-refractivity contribution is 0.481. The van der Waals surface area contributed by atoms with Gasteiger partial charge in [-0.2, -0.15) is 0 Å². The number of benzene rings is 1. The summed E-state index contributed by atoms with van der Waals surface area (Å²) in [4.78, 5) is 0. The molecule has 0 atom stereocenters. The first-order chi connectivity index (χ1) is 5.33. The van der Waals surface area contributed by atoms with Gasteiger partial charge in [0, 0.05) is 4.47 Å². The Morgan fingerprint density at radius 2 is 1.91 bits per heavy atom. The van der Waals surface area contributed by atoms with E-state index in [0.717, 1.165) is 10.2 Å². The summed E-state index contributed by atoms with van der Waals surface area (Å²) in [5, 5.41) is 0. The summed E-state index contributed by atoms with van der Waals surface area (Å²) in [7, 11) is 0. The lowest BCUT2D eigenvalue weighted by atomic mass is 10.3. The van der Waals surface area contributed by atoms with Crippen molar-refractivity contribution in [3.05, 3.63) is 48.0 Å². The fourth-order valence-electron chi connectivity index (χ4n) is 0.640. The summed E-state index contributed by atoms with van der Waals surface area (Å²) in [6.45, 7) is 3.50. The Morgan fingerprint density at radius 1 is 1.27 bits per heavy atom. The molecular formula is C9H8BrO. The normalized spacial score (nSPS) is 10.4. The Balaban J connectivity index is 2.66. The van der Waals surface area contributed by atoms with Gasteiger partial charge < -0.3 is 4.74 Å². The van der Waals surface area contributed by atoms with Crippen molar-refractivity contribution in [2.45, 2.75) is 0 Å². The Bertz CT molecular complexity index is 238. The Labute approximate surface area is 74.8 Å². The van der Waals surface area contributed by atoms with Crippen LogP contribution in [-0.2, 0) is 0 Å². The zero-order valence-corrected chi connectivity index (χ0v) is 7.54. The average molecular weight is 212 g/mol. The van der Waals surface area contributed by atoms with E-state index >= 15 is 0 Å². The summed E-state index contributed by atoms with van der Waals surface area (Å²) in [6, 6.07) is 7.60. The number of hydrogen-bond acceptors (Lipinski definition) is 1. The highest BCUT2D eigenvalue weighted by Crippen LogP contribution is 2.15. The van der Waals surface area contributed by atoms with E-state index in [2.05, 4.69) is 22.9 Å². The Hall–Kier alpha value is -0.760. The summed E-state index contributed by atoms with van der Waals surface area (Å²) in [5.74, 6) is 0.813. The Kier molecular flexibility index (Phi) is 3.17. The molecule has 0 unspecified atom stereocenters. The van der Waals surface area contributed by atoms with Crippen molar-refractivity contribution in [3.8, 4) is 5.75 Å². The van der Waals surface area contributed by atoms with Gasteiger partial charge in [-0.25, -0.2) is 0 Å². The molecule has 0 fully saturated rings. The number of halogens is 1. The molecule has 0 N–H and O–H groups in total. The zero-order chi connectivity index (χ0) is 8.10. The number of ether oxygens (including phenoxy) is 1. The summed E-state index contributed by atoms with van der Waals surface area (Å²) < 4.78 is 6.19. The van der Waals surface area contributed by atoms with Crippen LogP contribution >= 0.6 is 15.9 Å². The molecule has 0 aliphatic carbocycles. The van der Waals surface area contributed by atoms with Gasteiger partial charge in [0.2, 0.25) is 0 Å². The van der Waals surface area contributed by atoms with Gasteiger partial charge in [0.1, 0.15) is 5.75 Å². The third-order valence-corrected chi connectivity index (χ3v) is 1.64. The van der Waals surface area contributed by atoms with Crippen LogP contribution in [0.5, 0.6) is 5.75 Å². The second-order valence-electron chi connectivity index (χ2n) is 1.94. The minimum atomic E-state index is 0.813. The van der Waals surface area contributed by atoms with Crippen LogP contribution in [0.25, 0.3) is 0 Å². The van der Waals surface area contributed by atoms with Crippen LogP contribution in [0.2, 0.25) is 0 Å². The highest BCUT2D eigenvalue weighted by atomic mass is 79.9. The first kappa shape index (κ1) is 8.34. The lowest BCUT2D eigenvalue weighted by Gasteiger charge is -1.97. The van der Waals surface area contributed by atoms with Gasteiger partial charge in [0.05, 0.1) is 6.26 Å². The van der Waals surface area contributed by atoms with Gasteiger partial charge in [-0.15, -0.1) is 0 Å². The van der Waals surface area contributed by atoms with Crippen LogP contribution in [-0.4, -0.2) is 0 Å². The number of hydrogen-bond donors (Lipinski definition) is 0. The molecule has 0 saturated heterocycles. The van der Waals surface area contributed by atoms with Crippen molar-refractivity contribution in [1.82, 2.24) is 0 Å². The van der Waals surface area contributed by atoms with E-state index in [0.29, 0.717) is 0 Å². The van der Waals surface area contributed by atoms with E-state index in [1.54, 1.807) is 12.3 Å². The molecule has 1 nitrogen and oxygen atoms in total. The molecule has 0 aliphatic heterocycles. The molecule has 11 heavy (non-hydrogen) atoms. The molecule has 57 valence electrons. The quantitative estimate of drug-likeness (QED) is 0.684. The van der Waals surface area contributed by atoms with Gasteiger partial charge in [-0.1, -0.05) is 15.9 Å². The molecule has 0 bridgehead atoms. The van der Waals surface area contributed by atoms with Crippen molar-refractivity contribution >= 4 is 15.9 Å². The van der Waals surface area contributed by atoms with Crippen molar-refractivity contribution < 1.29 is 4.74 Å². The molecule has 0 aliphatic rings. The van der Waals surface area contributed by atoms with E-state index < -0.39 is 0 Å². The number of allylic oxidation sites excluding steroid dienone is 1. The fourth-order valence-corrected chi connectivity index (χ4v) is 0.904. The van der Waals surface area contributed by atoms with E-state index in [1.165, 1.54) is 0 Å². The van der Waals surface area contributed by atoms with Crippen LogP contribution in [0, 0.1) is 6.92 Å². The topological polar surface area (TPSA) is 9.23 Å². The van der Waals surface area contributed by atoms with Crippen LogP contribution in [0.3, 0.4) is 0 Å². The Morgan fingerprint density at radius 3 is 2.45 bits per heavy atom. The molecule has 0 spiro atoms. The maximum Gasteiger partial charge on any atom is 0.126 e. The third kappa shape index (κ3) is 2.76. The summed E-state index contributed by atoms with van der Waals surface area (Å²) in [6.07, 6.45) is 3.14. The monoisotopic (exact) mass is 211 g/mol. The van der Waals surface area contributed by atoms with Crippen LogP contribution in [0.1, 0.15) is 0 Å². The van der Waals surface area contributed by atoms with Crippen LogP contribution in [0.15, 0.2) is 41.1 Å². The second kappa shape index (κ2) is 4.19. The molecule has 0 amide bonds. The van der Waals surface area contributed by atoms with Crippen molar-refractivity contribution in [2.24, 2.45) is 0 Å². The van der Waals surface area contributed by atoms with Crippen molar-refractivity contribution in [2.75, 3.05) is 0 Å². The summed E-state index contributed by atoms with van der Waals surface area (Å²) in [5.41, 5.74) is 0. The first-order valence-electron chi connectivity index (χ1n) is 3.19. The smallest absolute Gasteiger partial charge is 0.126 e. The predicted octanol–water partition coefficient (Wildman–Crippen LogP) is 3.18. The predicted molar refractivity (Wildman–Crippen MR) is 49.3 cm³/mol. The maximum atomic E-state index is 5.15. The van der Waals surface area contributed by atoms with Gasteiger partial charge in [0.15, 0.2) is 0 Å². The lowest BCUT2D eigenvalue weighted by Crippen LogP contribution is -1.79. The average Bonchev–Trinajstić information content (AvgIpc) is 2.04. The molecule has 2 heteroatoms. The highest BCUT2D eigenvalue weighted by Gasteiger charge is 1.88. The van der Waals surface area contributed by atoms with Gasteiger partial charge >= 0.3 is 0 Å². The molecule has 1 radical (unpaired) electrons. The first-order valence-corrected chi connectivity index (χ1v) is 3.98. The molecule has 1 aromatic carbocycles. The van der Waals surface area contributed by atoms with E-state index in [-0.39, 0.29) is 0 Å². The third-order valence-electron chi connectivity index (χ3n) is 1.11. The van der Waals surface area contributed by atoms with Gasteiger partial charge in [0.25, 0.3) is 0 Å². The van der Waals surface area contributed by atoms with Crippen LogP contribution < -0.4 is 4.74 Å². The fraction of sp³-hybridized carbons (Fsp3) is 0. The van der Waals surface area contributed by atoms with Crippen molar-refractivity contribution in [1.29, 1.82) is 0 Å². The largest absolute Gasteiger partial charge is 0.465 e. The van der Waals surface area contributed by atoms with Gasteiger partial charge in [-0.3, -0.25) is 0 Å². The van der Waals surface area contributed by atoms with Crippen molar-refractivity contribution in [3.63, 3.8) is 0 Å². The zero-order valence-electron chi connectivity index (χ0n) is 5.96. The maximum absolute atomic E-state index is 5.15. The molecule has 1 aromatic rings. The van der Waals surface area contributed by atoms with Crippen LogP contribution in [0.4, 0.5) is 0 Å². The second-order valence-corrected chi connectivity index (χ2v) is 2.86. The molecule has 0 heterocycles. The summed E-state index contributed by atoms with van der Waals surface area (Å²) >= 11 is 3.33. The van der Waals surface area contributed by atoms with Gasteiger partial charge in [-0.05, 0) is 37.3 Å².